The van der Waals surface area contributed by atoms with Crippen molar-refractivity contribution in [2.75, 3.05) is 32.9 Å². The average Bonchev–Trinajstić information content (AvgIpc) is 4.05. The number of aromatic amines is 2. The van der Waals surface area contributed by atoms with E-state index in [0.717, 1.165) is 81.6 Å². The lowest BCUT2D eigenvalue weighted by molar-refractivity contribution is -0.137. The lowest BCUT2D eigenvalue weighted by Gasteiger charge is -2.31. The number of amides is 2. The molecule has 11 heteroatoms. The van der Waals surface area contributed by atoms with Crippen molar-refractivity contribution in [2.24, 2.45) is 0 Å². The molecule has 2 amide bonds. The zero-order valence-corrected chi connectivity index (χ0v) is 31.2. The van der Waals surface area contributed by atoms with Gasteiger partial charge in [-0.05, 0) is 60.3 Å². The van der Waals surface area contributed by atoms with Crippen molar-refractivity contribution >= 4 is 23.8 Å². The molecule has 6 aromatic rings. The molecule has 0 aliphatic carbocycles. The first-order valence-electron chi connectivity index (χ1n) is 18.3. The normalized spacial score (nSPS) is 17.6. The van der Waals surface area contributed by atoms with Crippen LogP contribution in [0.15, 0.2) is 122 Å². The molecule has 2 N–H and O–H groups in total. The second kappa shape index (κ2) is 15.8. The van der Waals surface area contributed by atoms with Crippen LogP contribution in [0, 0.1) is 0 Å². The molecule has 3 atom stereocenters. The molecule has 0 radical (unpaired) electrons. The van der Waals surface area contributed by atoms with E-state index in [0.29, 0.717) is 6.54 Å². The van der Waals surface area contributed by atoms with E-state index in [-0.39, 0.29) is 36.1 Å². The van der Waals surface area contributed by atoms with Gasteiger partial charge in [0.15, 0.2) is 0 Å². The van der Waals surface area contributed by atoms with E-state index >= 15 is 0 Å². The molecule has 2 aliphatic heterocycles. The van der Waals surface area contributed by atoms with Gasteiger partial charge in [-0.25, -0.2) is 14.8 Å². The van der Waals surface area contributed by atoms with Gasteiger partial charge in [0.1, 0.15) is 29.7 Å². The number of likely N-dealkylation sites (tertiary alicyclic amines) is 1. The molecule has 4 heterocycles. The fourth-order valence-corrected chi connectivity index (χ4v) is 8.57. The molecule has 2 fully saturated rings. The number of nitrogens with zero attached hydrogens (tertiary/aromatic N) is 5. The molecule has 3 unspecified atom stereocenters. The maximum atomic E-state index is 13.9. The minimum atomic E-state index is -0.343. The number of aromatic nitrogens is 4. The summed E-state index contributed by atoms with van der Waals surface area (Å²) in [4.78, 5) is 49.0. The zero-order chi connectivity index (χ0) is 37.0. The predicted octanol–water partition coefficient (Wildman–Crippen LogP) is 8.48. The lowest BCUT2D eigenvalue weighted by atomic mass is 10.0. The Morgan fingerprint density at radius 3 is 1.96 bits per heavy atom. The Morgan fingerprint density at radius 2 is 1.33 bits per heavy atom. The summed E-state index contributed by atoms with van der Waals surface area (Å²) in [6, 6.07) is 36.1. The van der Waals surface area contributed by atoms with E-state index in [9.17, 15) is 9.59 Å². The zero-order valence-electron chi connectivity index (χ0n) is 30.4. The third kappa shape index (κ3) is 7.42. The van der Waals surface area contributed by atoms with Crippen LogP contribution < -0.4 is 0 Å². The molecular formula is C43H43N7O3S. The van der Waals surface area contributed by atoms with E-state index in [1.807, 2.05) is 97.0 Å². The van der Waals surface area contributed by atoms with Gasteiger partial charge in [0.25, 0.3) is 0 Å². The number of ether oxygens (including phenoxy) is 1. The molecular weight excluding hydrogens is 695 g/mol. The van der Waals surface area contributed by atoms with Crippen molar-refractivity contribution in [2.45, 2.75) is 36.9 Å². The number of hydrogen-bond acceptors (Lipinski definition) is 7. The van der Waals surface area contributed by atoms with E-state index in [1.54, 1.807) is 16.7 Å². The predicted molar refractivity (Wildman–Crippen MR) is 212 cm³/mol. The van der Waals surface area contributed by atoms with Gasteiger partial charge in [-0.2, -0.15) is 0 Å². The number of nitrogens with one attached hydrogen (secondary N) is 2. The standard InChI is InChI=1S/C43H43N7O3S/c1-48(2)38(34-12-7-4-8-13-34)41(51)49-23-9-14-37(49)39-44-26-35(46-39)32-19-15-30(16-20-32)31-17-21-33(22-18-31)36-27-45-40(47-36)42-50(24-25-54-42)43(52)53-28-29-10-5-3-6-11-29/h3-8,10-13,15-22,26-27,37-38,42H,9,14,23-25,28H2,1-2H3,(H,44,46)(H,45,47). The molecule has 274 valence electrons. The van der Waals surface area contributed by atoms with Crippen molar-refractivity contribution in [1.29, 1.82) is 0 Å². The van der Waals surface area contributed by atoms with E-state index in [1.165, 1.54) is 0 Å². The number of rotatable bonds is 10. The highest BCUT2D eigenvalue weighted by Gasteiger charge is 2.37. The maximum absolute atomic E-state index is 13.9. The van der Waals surface area contributed by atoms with Gasteiger partial charge in [0.2, 0.25) is 5.91 Å². The highest BCUT2D eigenvalue weighted by atomic mass is 32.2. The minimum Gasteiger partial charge on any atom is -0.445 e. The maximum Gasteiger partial charge on any atom is 0.411 e. The quantitative estimate of drug-likeness (QED) is 0.145. The Balaban J connectivity index is 0.908. The Hall–Kier alpha value is -5.65. The van der Waals surface area contributed by atoms with Gasteiger partial charge in [-0.3, -0.25) is 14.6 Å². The van der Waals surface area contributed by atoms with Gasteiger partial charge in [-0.15, -0.1) is 11.8 Å². The number of imidazole rings is 2. The van der Waals surface area contributed by atoms with E-state index < -0.39 is 0 Å². The van der Waals surface area contributed by atoms with Crippen molar-refractivity contribution in [3.05, 3.63) is 144 Å². The first-order valence-corrected chi connectivity index (χ1v) is 19.4. The third-order valence-electron chi connectivity index (χ3n) is 10.2. The molecule has 0 saturated carbocycles. The summed E-state index contributed by atoms with van der Waals surface area (Å²) in [5, 5.41) is -0.222. The second-order valence-electron chi connectivity index (χ2n) is 13.9. The van der Waals surface area contributed by atoms with Gasteiger partial charge in [-0.1, -0.05) is 109 Å². The molecule has 10 nitrogen and oxygen atoms in total. The van der Waals surface area contributed by atoms with E-state index in [2.05, 4.69) is 63.5 Å². The summed E-state index contributed by atoms with van der Waals surface area (Å²) in [6.07, 6.45) is 5.19. The van der Waals surface area contributed by atoms with Crippen molar-refractivity contribution in [1.82, 2.24) is 34.6 Å². The Labute approximate surface area is 319 Å². The average molecular weight is 738 g/mol. The third-order valence-corrected chi connectivity index (χ3v) is 11.4. The second-order valence-corrected chi connectivity index (χ2v) is 15.1. The summed E-state index contributed by atoms with van der Waals surface area (Å²) in [7, 11) is 3.91. The molecule has 54 heavy (non-hydrogen) atoms. The van der Waals surface area contributed by atoms with Crippen LogP contribution in [0.3, 0.4) is 0 Å². The topological polar surface area (TPSA) is 110 Å². The first kappa shape index (κ1) is 35.4. The summed E-state index contributed by atoms with van der Waals surface area (Å²) in [6.45, 7) is 1.57. The summed E-state index contributed by atoms with van der Waals surface area (Å²) >= 11 is 1.68. The lowest BCUT2D eigenvalue weighted by Crippen LogP contribution is -2.40. The molecule has 2 aliphatic rings. The molecule has 8 rings (SSSR count). The van der Waals surface area contributed by atoms with E-state index in [4.69, 9.17) is 9.72 Å². The largest absolute Gasteiger partial charge is 0.445 e. The number of thioether (sulfide) groups is 1. The highest BCUT2D eigenvalue weighted by Crippen LogP contribution is 2.38. The van der Waals surface area contributed by atoms with Crippen LogP contribution in [0.4, 0.5) is 4.79 Å². The van der Waals surface area contributed by atoms with Crippen LogP contribution in [0.25, 0.3) is 33.6 Å². The highest BCUT2D eigenvalue weighted by molar-refractivity contribution is 7.99. The van der Waals surface area contributed by atoms with Gasteiger partial charge in [0, 0.05) is 18.8 Å². The minimum absolute atomic E-state index is 0.0848. The summed E-state index contributed by atoms with van der Waals surface area (Å²) in [5.74, 6) is 2.49. The Bertz CT molecular complexity index is 2190. The van der Waals surface area contributed by atoms with Crippen LogP contribution in [-0.2, 0) is 16.1 Å². The molecule has 2 saturated heterocycles. The number of carbonyl (C=O) groups is 2. The summed E-state index contributed by atoms with van der Waals surface area (Å²) < 4.78 is 5.62. The SMILES string of the molecule is CN(C)C(C(=O)N1CCCC1c1ncc(-c2ccc(-c3ccc(-c4cnc(C5SCCN5C(=O)OCc5ccccc5)[nH]4)cc3)cc2)[nH]1)c1ccccc1. The number of H-pyrrole nitrogens is 2. The smallest absolute Gasteiger partial charge is 0.411 e. The van der Waals surface area contributed by atoms with Crippen LogP contribution in [0.2, 0.25) is 0 Å². The van der Waals surface area contributed by atoms with Crippen molar-refractivity contribution in [3.8, 4) is 33.6 Å². The number of benzene rings is 4. The molecule has 0 bridgehead atoms. The first-order chi connectivity index (χ1) is 26.4. The Kier molecular flexibility index (Phi) is 10.3. The van der Waals surface area contributed by atoms with Gasteiger partial charge < -0.3 is 19.6 Å². The summed E-state index contributed by atoms with van der Waals surface area (Å²) in [5.41, 5.74) is 8.03. The monoisotopic (exact) mass is 737 g/mol. The fourth-order valence-electron chi connectivity index (χ4n) is 7.40. The number of carbonyl (C=O) groups excluding carboxylic acids is 2. The van der Waals surface area contributed by atoms with Crippen LogP contribution in [0.1, 0.15) is 53.1 Å². The van der Waals surface area contributed by atoms with Gasteiger partial charge in [0.05, 0.1) is 29.8 Å². The van der Waals surface area contributed by atoms with Crippen molar-refractivity contribution < 1.29 is 14.3 Å². The fraction of sp³-hybridized carbons (Fsp3) is 0.256. The van der Waals surface area contributed by atoms with Crippen LogP contribution >= 0.6 is 11.8 Å². The van der Waals surface area contributed by atoms with Crippen LogP contribution in [-0.4, -0.2) is 79.6 Å². The Morgan fingerprint density at radius 1 is 0.759 bits per heavy atom. The van der Waals surface area contributed by atoms with Gasteiger partial charge >= 0.3 is 6.09 Å². The van der Waals surface area contributed by atoms with Crippen LogP contribution in [0.5, 0.6) is 0 Å². The molecule has 4 aromatic carbocycles. The molecule has 2 aromatic heterocycles. The number of likely N-dealkylation sites (N-methyl/N-ethyl adjacent to an activating group) is 1. The van der Waals surface area contributed by atoms with Crippen molar-refractivity contribution in [3.63, 3.8) is 0 Å². The number of hydrogen-bond donors (Lipinski definition) is 2. The molecule has 0 spiro atoms.